The largest absolute Gasteiger partial charge is 0.320 e. The van der Waals surface area contributed by atoms with E-state index in [0.717, 1.165) is 9.13 Å². The van der Waals surface area contributed by atoms with Crippen molar-refractivity contribution in [1.29, 1.82) is 0 Å². The predicted molar refractivity (Wildman–Crippen MR) is 97.0 cm³/mol. The van der Waals surface area contributed by atoms with Crippen molar-refractivity contribution < 1.29 is 9.59 Å². The maximum absolute atomic E-state index is 12.0. The minimum atomic E-state index is -0.751. The van der Waals surface area contributed by atoms with E-state index < -0.39 is 17.9 Å². The van der Waals surface area contributed by atoms with Gasteiger partial charge in [-0.3, -0.25) is 14.9 Å². The summed E-state index contributed by atoms with van der Waals surface area (Å²) < 4.78 is 0.932. The van der Waals surface area contributed by atoms with Gasteiger partial charge in [-0.25, -0.2) is 0 Å². The Bertz CT molecular complexity index is 650. The quantitative estimate of drug-likeness (QED) is 0.732. The van der Waals surface area contributed by atoms with Gasteiger partial charge < -0.3 is 5.73 Å². The van der Waals surface area contributed by atoms with Crippen LogP contribution < -0.4 is 11.1 Å². The second-order valence-electron chi connectivity index (χ2n) is 4.62. The standard InChI is InChI=1S/C16H15IN2O2.ClH/c17-13-8-4-7-12(10-13)15(20)19-16(21)14(18)9-11-5-2-1-3-6-11;/h1-8,10,14H,9,18H2,(H,19,20,21);1H/t14-;/m0./s1. The highest BCUT2D eigenvalue weighted by atomic mass is 127. The van der Waals surface area contributed by atoms with Crippen LogP contribution in [0.4, 0.5) is 0 Å². The van der Waals surface area contributed by atoms with Crippen molar-refractivity contribution in [2.45, 2.75) is 12.5 Å². The molecule has 3 N–H and O–H groups in total. The Morgan fingerprint density at radius 3 is 2.41 bits per heavy atom. The zero-order valence-corrected chi connectivity index (χ0v) is 14.6. The third kappa shape index (κ3) is 5.40. The van der Waals surface area contributed by atoms with Crippen LogP contribution in [-0.2, 0) is 11.2 Å². The van der Waals surface area contributed by atoms with Crippen molar-refractivity contribution in [1.82, 2.24) is 5.32 Å². The van der Waals surface area contributed by atoms with Gasteiger partial charge in [0.15, 0.2) is 0 Å². The average Bonchev–Trinajstić information content (AvgIpc) is 2.48. The molecule has 0 spiro atoms. The maximum atomic E-state index is 12.0. The van der Waals surface area contributed by atoms with Gasteiger partial charge in [0.1, 0.15) is 0 Å². The Kier molecular flexibility index (Phi) is 7.50. The van der Waals surface area contributed by atoms with E-state index >= 15 is 0 Å². The molecular weight excluding hydrogens is 415 g/mol. The fraction of sp³-hybridized carbons (Fsp3) is 0.125. The lowest BCUT2D eigenvalue weighted by molar-refractivity contribution is -0.121. The molecule has 22 heavy (non-hydrogen) atoms. The Labute approximate surface area is 149 Å². The summed E-state index contributed by atoms with van der Waals surface area (Å²) in [5.74, 6) is -0.898. The Morgan fingerprint density at radius 2 is 1.77 bits per heavy atom. The van der Waals surface area contributed by atoms with Crippen molar-refractivity contribution >= 4 is 46.8 Å². The third-order valence-electron chi connectivity index (χ3n) is 2.96. The Morgan fingerprint density at radius 1 is 1.09 bits per heavy atom. The molecule has 2 aromatic rings. The van der Waals surface area contributed by atoms with Crippen LogP contribution in [0.5, 0.6) is 0 Å². The molecule has 4 nitrogen and oxygen atoms in total. The molecule has 0 aromatic heterocycles. The van der Waals surface area contributed by atoms with E-state index in [4.69, 9.17) is 5.73 Å². The van der Waals surface area contributed by atoms with Gasteiger partial charge in [0.25, 0.3) is 5.91 Å². The summed E-state index contributed by atoms with van der Waals surface area (Å²) in [6.07, 6.45) is 0.395. The number of benzene rings is 2. The minimum Gasteiger partial charge on any atom is -0.320 e. The van der Waals surface area contributed by atoms with Crippen LogP contribution in [0.15, 0.2) is 54.6 Å². The number of rotatable bonds is 4. The second-order valence-corrected chi connectivity index (χ2v) is 5.87. The van der Waals surface area contributed by atoms with Gasteiger partial charge in [-0.1, -0.05) is 36.4 Å². The number of halogens is 2. The summed E-state index contributed by atoms with van der Waals surface area (Å²) in [6.45, 7) is 0. The zero-order valence-electron chi connectivity index (χ0n) is 11.7. The molecule has 0 radical (unpaired) electrons. The maximum Gasteiger partial charge on any atom is 0.257 e. The third-order valence-corrected chi connectivity index (χ3v) is 3.63. The van der Waals surface area contributed by atoms with Crippen LogP contribution in [0.1, 0.15) is 15.9 Å². The number of imide groups is 1. The van der Waals surface area contributed by atoms with Crippen molar-refractivity contribution in [2.75, 3.05) is 0 Å². The molecule has 1 atom stereocenters. The number of carbonyl (C=O) groups is 2. The SMILES string of the molecule is Cl.N[C@@H](Cc1ccccc1)C(=O)NC(=O)c1cccc(I)c1. The van der Waals surface area contributed by atoms with Crippen molar-refractivity contribution in [2.24, 2.45) is 5.73 Å². The van der Waals surface area contributed by atoms with Crippen LogP contribution in [0.25, 0.3) is 0 Å². The normalized spacial score (nSPS) is 11.2. The van der Waals surface area contributed by atoms with Crippen LogP contribution in [-0.4, -0.2) is 17.9 Å². The summed E-state index contributed by atoms with van der Waals surface area (Å²) in [7, 11) is 0. The van der Waals surface area contributed by atoms with E-state index in [1.807, 2.05) is 36.4 Å². The van der Waals surface area contributed by atoms with E-state index in [2.05, 4.69) is 27.9 Å². The van der Waals surface area contributed by atoms with E-state index in [-0.39, 0.29) is 12.4 Å². The molecule has 0 saturated carbocycles. The van der Waals surface area contributed by atoms with E-state index in [0.29, 0.717) is 12.0 Å². The lowest BCUT2D eigenvalue weighted by Crippen LogP contribution is -2.44. The number of hydrogen-bond donors (Lipinski definition) is 2. The first kappa shape index (κ1) is 18.6. The number of nitrogens with one attached hydrogen (secondary N) is 1. The van der Waals surface area contributed by atoms with Crippen LogP contribution >= 0.6 is 35.0 Å². The minimum absolute atomic E-state index is 0. The van der Waals surface area contributed by atoms with Gasteiger partial charge in [0, 0.05) is 9.13 Å². The van der Waals surface area contributed by atoms with E-state index in [1.165, 1.54) is 0 Å². The summed E-state index contributed by atoms with van der Waals surface area (Å²) in [4.78, 5) is 23.9. The van der Waals surface area contributed by atoms with Gasteiger partial charge >= 0.3 is 0 Å². The molecule has 2 aromatic carbocycles. The van der Waals surface area contributed by atoms with Crippen LogP contribution in [0.2, 0.25) is 0 Å². The first-order valence-corrected chi connectivity index (χ1v) is 7.54. The molecule has 0 bridgehead atoms. The lowest BCUT2D eigenvalue weighted by atomic mass is 10.1. The molecule has 116 valence electrons. The van der Waals surface area contributed by atoms with Gasteiger partial charge in [0.2, 0.25) is 5.91 Å². The lowest BCUT2D eigenvalue weighted by Gasteiger charge is -2.11. The first-order valence-electron chi connectivity index (χ1n) is 6.46. The summed E-state index contributed by atoms with van der Waals surface area (Å²) in [5.41, 5.74) is 7.25. The average molecular weight is 431 g/mol. The Balaban J connectivity index is 0.00000242. The molecule has 0 fully saturated rings. The zero-order chi connectivity index (χ0) is 15.2. The molecule has 0 aliphatic carbocycles. The fourth-order valence-corrected chi connectivity index (χ4v) is 2.41. The van der Waals surface area contributed by atoms with Gasteiger partial charge in [-0.05, 0) is 52.8 Å². The molecule has 2 amide bonds. The fourth-order valence-electron chi connectivity index (χ4n) is 1.87. The Hall–Kier alpha value is -1.44. The summed E-state index contributed by atoms with van der Waals surface area (Å²) >= 11 is 2.11. The highest BCUT2D eigenvalue weighted by Crippen LogP contribution is 2.08. The van der Waals surface area contributed by atoms with E-state index in [1.54, 1.807) is 18.2 Å². The topological polar surface area (TPSA) is 72.2 Å². The number of carbonyl (C=O) groups excluding carboxylic acids is 2. The molecule has 0 aliphatic heterocycles. The number of amides is 2. The molecule has 0 unspecified atom stereocenters. The highest BCUT2D eigenvalue weighted by molar-refractivity contribution is 14.1. The molecule has 0 saturated heterocycles. The van der Waals surface area contributed by atoms with Gasteiger partial charge in [-0.2, -0.15) is 0 Å². The second kappa shape index (κ2) is 8.87. The number of nitrogens with two attached hydrogens (primary N) is 1. The molecular formula is C16H16ClIN2O2. The predicted octanol–water partition coefficient (Wildman–Crippen LogP) is 2.54. The van der Waals surface area contributed by atoms with Crippen molar-refractivity contribution in [3.63, 3.8) is 0 Å². The van der Waals surface area contributed by atoms with E-state index in [9.17, 15) is 9.59 Å². The van der Waals surface area contributed by atoms with Crippen LogP contribution in [0, 0.1) is 3.57 Å². The molecule has 0 aliphatic rings. The first-order chi connectivity index (χ1) is 10.1. The number of hydrogen-bond acceptors (Lipinski definition) is 3. The van der Waals surface area contributed by atoms with Crippen molar-refractivity contribution in [3.8, 4) is 0 Å². The smallest absolute Gasteiger partial charge is 0.257 e. The molecule has 0 heterocycles. The van der Waals surface area contributed by atoms with Crippen LogP contribution in [0.3, 0.4) is 0 Å². The van der Waals surface area contributed by atoms with Gasteiger partial charge in [-0.15, -0.1) is 12.4 Å². The molecule has 2 rings (SSSR count). The monoisotopic (exact) mass is 430 g/mol. The summed E-state index contributed by atoms with van der Waals surface area (Å²) in [6, 6.07) is 15.7. The molecule has 6 heteroatoms. The van der Waals surface area contributed by atoms with Crippen molar-refractivity contribution in [3.05, 3.63) is 69.3 Å². The van der Waals surface area contributed by atoms with Gasteiger partial charge in [0.05, 0.1) is 6.04 Å². The highest BCUT2D eigenvalue weighted by Gasteiger charge is 2.17. The summed E-state index contributed by atoms with van der Waals surface area (Å²) in [5, 5.41) is 2.34.